The predicted molar refractivity (Wildman–Crippen MR) is 54.8 cm³/mol. The standard InChI is InChI=1S/C10H15N3/c1-2-4-10(12-5-3-1)13-8-6-11-7-9-13/h1-2,4-5,11H,3,6-9H2. The van der Waals surface area contributed by atoms with Crippen molar-refractivity contribution in [2.75, 3.05) is 26.2 Å². The van der Waals surface area contributed by atoms with Crippen molar-refractivity contribution in [2.45, 2.75) is 6.42 Å². The van der Waals surface area contributed by atoms with E-state index in [-0.39, 0.29) is 0 Å². The average Bonchev–Trinajstić information content (AvgIpc) is 2.47. The number of hydrogen-bond acceptors (Lipinski definition) is 3. The molecule has 0 spiro atoms. The number of aliphatic imine (C=N–C) groups is 1. The fourth-order valence-corrected chi connectivity index (χ4v) is 1.56. The number of nitrogens with zero attached hydrogens (tertiary/aromatic N) is 2. The van der Waals surface area contributed by atoms with Gasteiger partial charge < -0.3 is 10.2 Å². The lowest BCUT2D eigenvalue weighted by atomic mass is 10.3. The SMILES string of the molecule is C1=CCC=NC(N2CCNCC2)=C1. The van der Waals surface area contributed by atoms with Gasteiger partial charge in [0.05, 0.1) is 0 Å². The molecular weight excluding hydrogens is 162 g/mol. The quantitative estimate of drug-likeness (QED) is 0.640. The minimum atomic E-state index is 0.950. The molecule has 1 saturated heterocycles. The summed E-state index contributed by atoms with van der Waals surface area (Å²) in [4.78, 5) is 6.74. The largest absolute Gasteiger partial charge is 0.354 e. The van der Waals surface area contributed by atoms with Crippen LogP contribution in [0.4, 0.5) is 0 Å². The summed E-state index contributed by atoms with van der Waals surface area (Å²) in [5.41, 5.74) is 0. The third-order valence-electron chi connectivity index (χ3n) is 2.29. The van der Waals surface area contributed by atoms with Gasteiger partial charge in [-0.15, -0.1) is 0 Å². The van der Waals surface area contributed by atoms with E-state index in [0.717, 1.165) is 38.4 Å². The molecule has 13 heavy (non-hydrogen) atoms. The van der Waals surface area contributed by atoms with Gasteiger partial charge in [-0.2, -0.15) is 0 Å². The van der Waals surface area contributed by atoms with Crippen LogP contribution in [0.2, 0.25) is 0 Å². The zero-order valence-corrected chi connectivity index (χ0v) is 7.74. The van der Waals surface area contributed by atoms with Gasteiger partial charge in [0.25, 0.3) is 0 Å². The van der Waals surface area contributed by atoms with Crippen LogP contribution < -0.4 is 5.32 Å². The molecule has 0 saturated carbocycles. The van der Waals surface area contributed by atoms with E-state index in [0.29, 0.717) is 0 Å². The number of nitrogens with one attached hydrogen (secondary N) is 1. The van der Waals surface area contributed by atoms with Crippen molar-refractivity contribution in [2.24, 2.45) is 4.99 Å². The highest BCUT2D eigenvalue weighted by atomic mass is 15.2. The molecule has 2 heterocycles. The van der Waals surface area contributed by atoms with E-state index in [1.807, 2.05) is 6.21 Å². The summed E-state index contributed by atoms with van der Waals surface area (Å²) in [5, 5.41) is 3.33. The summed E-state index contributed by atoms with van der Waals surface area (Å²) in [7, 11) is 0. The fraction of sp³-hybridized carbons (Fsp3) is 0.500. The Morgan fingerprint density at radius 2 is 2.15 bits per heavy atom. The molecule has 0 unspecified atom stereocenters. The third-order valence-corrected chi connectivity index (χ3v) is 2.29. The second-order valence-corrected chi connectivity index (χ2v) is 3.24. The molecule has 1 fully saturated rings. The number of hydrogen-bond donors (Lipinski definition) is 1. The molecular formula is C10H15N3. The summed E-state index contributed by atoms with van der Waals surface area (Å²) in [5.74, 6) is 1.11. The first-order chi connectivity index (χ1) is 6.47. The van der Waals surface area contributed by atoms with Crippen molar-refractivity contribution in [1.29, 1.82) is 0 Å². The van der Waals surface area contributed by atoms with Crippen molar-refractivity contribution in [3.63, 3.8) is 0 Å². The van der Waals surface area contributed by atoms with Gasteiger partial charge in [-0.05, 0) is 6.08 Å². The van der Waals surface area contributed by atoms with Crippen molar-refractivity contribution in [3.8, 4) is 0 Å². The molecule has 0 bridgehead atoms. The van der Waals surface area contributed by atoms with Crippen LogP contribution in [0.15, 0.2) is 29.0 Å². The molecule has 0 atom stereocenters. The van der Waals surface area contributed by atoms with Gasteiger partial charge >= 0.3 is 0 Å². The summed E-state index contributed by atoms with van der Waals surface area (Å²) in [6.45, 7) is 4.27. The molecule has 0 aromatic carbocycles. The van der Waals surface area contributed by atoms with Gasteiger partial charge in [-0.25, -0.2) is 4.99 Å². The van der Waals surface area contributed by atoms with Crippen molar-refractivity contribution in [1.82, 2.24) is 10.2 Å². The summed E-state index contributed by atoms with van der Waals surface area (Å²) >= 11 is 0. The Labute approximate surface area is 78.8 Å². The van der Waals surface area contributed by atoms with Gasteiger partial charge in [0, 0.05) is 38.8 Å². The van der Waals surface area contributed by atoms with Crippen LogP contribution in [0.25, 0.3) is 0 Å². The summed E-state index contributed by atoms with van der Waals surface area (Å²) in [6.07, 6.45) is 9.22. The number of allylic oxidation sites excluding steroid dienone is 3. The average molecular weight is 177 g/mol. The minimum Gasteiger partial charge on any atom is -0.354 e. The molecule has 2 aliphatic rings. The lowest BCUT2D eigenvalue weighted by Crippen LogP contribution is -2.42. The second kappa shape index (κ2) is 4.23. The topological polar surface area (TPSA) is 27.6 Å². The van der Waals surface area contributed by atoms with Crippen molar-refractivity contribution < 1.29 is 0 Å². The first kappa shape index (κ1) is 8.51. The molecule has 0 radical (unpaired) electrons. The van der Waals surface area contributed by atoms with Gasteiger partial charge in [-0.1, -0.05) is 12.2 Å². The maximum atomic E-state index is 4.42. The van der Waals surface area contributed by atoms with Crippen LogP contribution >= 0.6 is 0 Å². The Bertz CT molecular complexity index is 247. The van der Waals surface area contributed by atoms with E-state index >= 15 is 0 Å². The Morgan fingerprint density at radius 3 is 3.00 bits per heavy atom. The first-order valence-electron chi connectivity index (χ1n) is 4.82. The molecule has 1 N–H and O–H groups in total. The fourth-order valence-electron chi connectivity index (χ4n) is 1.56. The molecule has 70 valence electrons. The summed E-state index contributed by atoms with van der Waals surface area (Å²) < 4.78 is 0. The molecule has 0 aromatic rings. The third kappa shape index (κ3) is 2.18. The van der Waals surface area contributed by atoms with Gasteiger partial charge in [0.2, 0.25) is 0 Å². The van der Waals surface area contributed by atoms with Crippen LogP contribution in [0, 0.1) is 0 Å². The van der Waals surface area contributed by atoms with E-state index < -0.39 is 0 Å². The smallest absolute Gasteiger partial charge is 0.128 e. The van der Waals surface area contributed by atoms with E-state index in [2.05, 4.69) is 33.4 Å². The van der Waals surface area contributed by atoms with Crippen LogP contribution in [0.3, 0.4) is 0 Å². The summed E-state index contributed by atoms with van der Waals surface area (Å²) in [6, 6.07) is 0. The van der Waals surface area contributed by atoms with E-state index in [4.69, 9.17) is 0 Å². The zero-order valence-electron chi connectivity index (χ0n) is 7.74. The zero-order chi connectivity index (χ0) is 8.93. The molecule has 2 rings (SSSR count). The molecule has 3 nitrogen and oxygen atoms in total. The number of piperazine rings is 1. The lowest BCUT2D eigenvalue weighted by Gasteiger charge is -2.29. The molecule has 3 heteroatoms. The van der Waals surface area contributed by atoms with E-state index in [9.17, 15) is 0 Å². The van der Waals surface area contributed by atoms with Gasteiger partial charge in [-0.3, -0.25) is 0 Å². The van der Waals surface area contributed by atoms with Gasteiger partial charge in [0.15, 0.2) is 0 Å². The van der Waals surface area contributed by atoms with E-state index in [1.165, 1.54) is 0 Å². The predicted octanol–water partition coefficient (Wildman–Crippen LogP) is 0.764. The maximum Gasteiger partial charge on any atom is 0.128 e. The Kier molecular flexibility index (Phi) is 2.77. The van der Waals surface area contributed by atoms with Crippen LogP contribution in [0.5, 0.6) is 0 Å². The monoisotopic (exact) mass is 177 g/mol. The molecule has 0 aromatic heterocycles. The highest BCUT2D eigenvalue weighted by molar-refractivity contribution is 5.62. The Hall–Kier alpha value is -1.09. The molecule has 2 aliphatic heterocycles. The molecule has 0 amide bonds. The van der Waals surface area contributed by atoms with Gasteiger partial charge in [0.1, 0.15) is 5.82 Å². The van der Waals surface area contributed by atoms with Crippen LogP contribution in [0.1, 0.15) is 6.42 Å². The number of rotatable bonds is 1. The highest BCUT2D eigenvalue weighted by Gasteiger charge is 2.11. The maximum absolute atomic E-state index is 4.42. The van der Waals surface area contributed by atoms with Crippen LogP contribution in [-0.2, 0) is 0 Å². The Morgan fingerprint density at radius 1 is 1.31 bits per heavy atom. The van der Waals surface area contributed by atoms with Crippen LogP contribution in [-0.4, -0.2) is 37.3 Å². The van der Waals surface area contributed by atoms with Crippen molar-refractivity contribution >= 4 is 6.21 Å². The minimum absolute atomic E-state index is 0.950. The highest BCUT2D eigenvalue weighted by Crippen LogP contribution is 2.09. The first-order valence-corrected chi connectivity index (χ1v) is 4.82. The normalized spacial score (nSPS) is 22.8. The van der Waals surface area contributed by atoms with E-state index in [1.54, 1.807) is 0 Å². The lowest BCUT2D eigenvalue weighted by molar-refractivity contribution is 0.297. The second-order valence-electron chi connectivity index (χ2n) is 3.24. The van der Waals surface area contributed by atoms with Crippen molar-refractivity contribution in [3.05, 3.63) is 24.0 Å². The Balaban J connectivity index is 2.05. The molecule has 0 aliphatic carbocycles.